The van der Waals surface area contributed by atoms with Crippen LogP contribution >= 0.6 is 23.2 Å². The van der Waals surface area contributed by atoms with Crippen LogP contribution in [0.15, 0.2) is 52.2 Å². The summed E-state index contributed by atoms with van der Waals surface area (Å²) in [6.45, 7) is 6.12. The maximum atomic E-state index is 13.1. The highest BCUT2D eigenvalue weighted by Crippen LogP contribution is 2.27. The molecule has 1 fully saturated rings. The van der Waals surface area contributed by atoms with E-state index in [-0.39, 0.29) is 32.7 Å². The molecule has 0 radical (unpaired) electrons. The third-order valence-corrected chi connectivity index (χ3v) is 6.72. The predicted octanol–water partition coefficient (Wildman–Crippen LogP) is 3.58. The second kappa shape index (κ2) is 9.33. The highest BCUT2D eigenvalue weighted by molar-refractivity contribution is 6.37. The number of fused-ring (bicyclic) bond motifs is 1. The molecular formula is C24H23Cl2N7O2. The molecule has 1 aliphatic rings. The number of hydrogen-bond donors (Lipinski definition) is 2. The molecule has 0 unspecified atom stereocenters. The number of H-pyrrole nitrogens is 1. The van der Waals surface area contributed by atoms with Crippen LogP contribution in [0, 0.1) is 6.92 Å². The Kier molecular flexibility index (Phi) is 6.22. The number of anilines is 3. The molecule has 0 saturated carbocycles. The lowest BCUT2D eigenvalue weighted by Crippen LogP contribution is -2.44. The number of piperazine rings is 1. The van der Waals surface area contributed by atoms with Crippen LogP contribution in [0.4, 0.5) is 17.3 Å². The van der Waals surface area contributed by atoms with Crippen LogP contribution in [0.2, 0.25) is 10.0 Å². The summed E-state index contributed by atoms with van der Waals surface area (Å²) < 4.78 is 0.893. The number of halogens is 2. The molecule has 180 valence electrons. The highest BCUT2D eigenvalue weighted by Gasteiger charge is 2.18. The lowest BCUT2D eigenvalue weighted by atomic mass is 10.1. The molecule has 2 aromatic heterocycles. The zero-order chi connectivity index (χ0) is 24.7. The largest absolute Gasteiger partial charge is 0.369 e. The summed E-state index contributed by atoms with van der Waals surface area (Å²) in [4.78, 5) is 41.8. The average Bonchev–Trinajstić information content (AvgIpc) is 2.81. The summed E-state index contributed by atoms with van der Waals surface area (Å²) in [7, 11) is 2.13. The molecule has 0 spiro atoms. The first-order valence-corrected chi connectivity index (χ1v) is 11.8. The van der Waals surface area contributed by atoms with Gasteiger partial charge >= 0.3 is 5.69 Å². The number of para-hydroxylation sites is 1. The van der Waals surface area contributed by atoms with E-state index in [1.54, 1.807) is 18.2 Å². The van der Waals surface area contributed by atoms with Crippen molar-refractivity contribution < 1.29 is 0 Å². The summed E-state index contributed by atoms with van der Waals surface area (Å²) in [6.07, 6.45) is 1.37. The Labute approximate surface area is 210 Å². The number of nitrogens with one attached hydrogen (secondary N) is 2. The molecule has 2 aromatic carbocycles. The molecule has 3 heterocycles. The molecule has 4 aromatic rings. The van der Waals surface area contributed by atoms with Crippen molar-refractivity contribution in [1.82, 2.24) is 24.4 Å². The van der Waals surface area contributed by atoms with Gasteiger partial charge in [-0.2, -0.15) is 4.98 Å². The number of aromatic nitrogens is 4. The summed E-state index contributed by atoms with van der Waals surface area (Å²) in [5.74, 6) is 0.257. The normalized spacial score (nSPS) is 14.5. The molecule has 2 N–H and O–H groups in total. The Bertz CT molecular complexity index is 1520. The van der Waals surface area contributed by atoms with Crippen LogP contribution in [0.5, 0.6) is 0 Å². The number of aryl methyl sites for hydroxylation is 1. The first-order chi connectivity index (χ1) is 16.8. The summed E-state index contributed by atoms with van der Waals surface area (Å²) in [6, 6.07) is 10.8. The molecule has 35 heavy (non-hydrogen) atoms. The van der Waals surface area contributed by atoms with Crippen molar-refractivity contribution in [3.8, 4) is 5.69 Å². The minimum atomic E-state index is -0.700. The van der Waals surface area contributed by atoms with E-state index >= 15 is 0 Å². The number of aromatic amines is 1. The minimum absolute atomic E-state index is 0.113. The van der Waals surface area contributed by atoms with Gasteiger partial charge in [0, 0.05) is 43.8 Å². The van der Waals surface area contributed by atoms with E-state index in [1.165, 1.54) is 11.9 Å². The van der Waals surface area contributed by atoms with Crippen LogP contribution < -0.4 is 21.5 Å². The molecule has 1 saturated heterocycles. The van der Waals surface area contributed by atoms with Gasteiger partial charge in [0.05, 0.1) is 15.7 Å². The van der Waals surface area contributed by atoms with Crippen molar-refractivity contribution in [2.24, 2.45) is 0 Å². The van der Waals surface area contributed by atoms with Crippen LogP contribution in [-0.2, 0) is 0 Å². The molecule has 1 aliphatic heterocycles. The van der Waals surface area contributed by atoms with Crippen LogP contribution in [0.3, 0.4) is 0 Å². The van der Waals surface area contributed by atoms with E-state index in [0.717, 1.165) is 42.0 Å². The van der Waals surface area contributed by atoms with E-state index in [0.29, 0.717) is 0 Å². The SMILES string of the molecule is Cc1cc(Nc2ncc3c(=O)n(-c4c(Cl)cccc4Cl)c(=O)[nH]c3n2)ccc1N1CCN(C)CC1. The van der Waals surface area contributed by atoms with Crippen LogP contribution in [0.1, 0.15) is 5.56 Å². The van der Waals surface area contributed by atoms with Gasteiger partial charge in [-0.15, -0.1) is 0 Å². The summed E-state index contributed by atoms with van der Waals surface area (Å²) >= 11 is 12.4. The fraction of sp³-hybridized carbons (Fsp3) is 0.250. The number of likely N-dealkylation sites (N-methyl/N-ethyl adjacent to an activating group) is 1. The molecule has 9 nitrogen and oxygen atoms in total. The van der Waals surface area contributed by atoms with Crippen molar-refractivity contribution in [3.63, 3.8) is 0 Å². The summed E-state index contributed by atoms with van der Waals surface area (Å²) in [5, 5.41) is 3.65. The molecule has 0 atom stereocenters. The lowest BCUT2D eigenvalue weighted by molar-refractivity contribution is 0.312. The van der Waals surface area contributed by atoms with Gasteiger partial charge in [0.2, 0.25) is 5.95 Å². The summed E-state index contributed by atoms with van der Waals surface area (Å²) in [5.41, 5.74) is 2.05. The lowest BCUT2D eigenvalue weighted by Gasteiger charge is -2.35. The molecular weight excluding hydrogens is 489 g/mol. The van der Waals surface area contributed by atoms with Gasteiger partial charge in [0.15, 0.2) is 5.65 Å². The highest BCUT2D eigenvalue weighted by atomic mass is 35.5. The Morgan fingerprint density at radius 2 is 1.74 bits per heavy atom. The number of nitrogens with zero attached hydrogens (tertiary/aromatic N) is 5. The van der Waals surface area contributed by atoms with Crippen LogP contribution in [-0.4, -0.2) is 57.6 Å². The first-order valence-electron chi connectivity index (χ1n) is 11.1. The predicted molar refractivity (Wildman–Crippen MR) is 140 cm³/mol. The second-order valence-corrected chi connectivity index (χ2v) is 9.33. The van der Waals surface area contributed by atoms with Gasteiger partial charge in [-0.05, 0) is 49.9 Å². The Hall–Kier alpha value is -3.40. The molecule has 0 bridgehead atoms. The smallest absolute Gasteiger partial charge is 0.334 e. The van der Waals surface area contributed by atoms with Crippen LogP contribution in [0.25, 0.3) is 16.7 Å². The Balaban J connectivity index is 1.45. The topological polar surface area (TPSA) is 99.1 Å². The van der Waals surface area contributed by atoms with Gasteiger partial charge in [0.25, 0.3) is 5.56 Å². The zero-order valence-electron chi connectivity index (χ0n) is 19.2. The Morgan fingerprint density at radius 1 is 1.03 bits per heavy atom. The zero-order valence-corrected chi connectivity index (χ0v) is 20.7. The number of hydrogen-bond acceptors (Lipinski definition) is 7. The Morgan fingerprint density at radius 3 is 2.43 bits per heavy atom. The van der Waals surface area contributed by atoms with Crippen molar-refractivity contribution in [2.75, 3.05) is 43.4 Å². The third kappa shape index (κ3) is 4.50. The van der Waals surface area contributed by atoms with Gasteiger partial charge in [-0.1, -0.05) is 29.3 Å². The van der Waals surface area contributed by atoms with Gasteiger partial charge in [-0.3, -0.25) is 9.78 Å². The fourth-order valence-electron chi connectivity index (χ4n) is 4.23. The average molecular weight is 512 g/mol. The van der Waals surface area contributed by atoms with Gasteiger partial charge in [0.1, 0.15) is 5.39 Å². The van der Waals surface area contributed by atoms with E-state index in [4.69, 9.17) is 23.2 Å². The third-order valence-electron chi connectivity index (χ3n) is 6.11. The maximum absolute atomic E-state index is 13.1. The van der Waals surface area contributed by atoms with Gasteiger partial charge in [-0.25, -0.2) is 14.3 Å². The maximum Gasteiger partial charge on any atom is 0.334 e. The van der Waals surface area contributed by atoms with E-state index in [1.807, 2.05) is 12.1 Å². The monoisotopic (exact) mass is 511 g/mol. The standard InChI is InChI=1S/C24H23Cl2N7O2/c1-14-12-15(6-7-19(14)32-10-8-31(2)9-11-32)28-23-27-13-16-21(29-23)30-24(35)33(22(16)34)20-17(25)4-3-5-18(20)26/h3-7,12-13H,8-11H2,1-2H3,(H2,27,28,29,30,35). The quantitative estimate of drug-likeness (QED) is 0.431. The number of benzene rings is 2. The second-order valence-electron chi connectivity index (χ2n) is 8.51. The molecule has 0 aliphatic carbocycles. The first kappa shape index (κ1) is 23.3. The molecule has 0 amide bonds. The molecule has 11 heteroatoms. The van der Waals surface area contributed by atoms with E-state index in [9.17, 15) is 9.59 Å². The van der Waals surface area contributed by atoms with E-state index in [2.05, 4.69) is 50.1 Å². The molecule has 5 rings (SSSR count). The van der Waals surface area contributed by atoms with Crippen molar-refractivity contribution in [3.05, 3.63) is 79.0 Å². The van der Waals surface area contributed by atoms with Gasteiger partial charge < -0.3 is 15.1 Å². The van der Waals surface area contributed by atoms with Crippen molar-refractivity contribution in [2.45, 2.75) is 6.92 Å². The minimum Gasteiger partial charge on any atom is -0.369 e. The van der Waals surface area contributed by atoms with Crippen molar-refractivity contribution in [1.29, 1.82) is 0 Å². The van der Waals surface area contributed by atoms with E-state index < -0.39 is 11.2 Å². The number of rotatable bonds is 4. The fourth-order valence-corrected chi connectivity index (χ4v) is 4.80. The van der Waals surface area contributed by atoms with Crippen molar-refractivity contribution >= 4 is 51.6 Å².